The number of rotatable bonds is 2. The van der Waals surface area contributed by atoms with E-state index in [9.17, 15) is 0 Å². The van der Waals surface area contributed by atoms with E-state index in [1.165, 1.54) is 44.5 Å². The van der Waals surface area contributed by atoms with Gasteiger partial charge in [-0.05, 0) is 84.9 Å². The van der Waals surface area contributed by atoms with Crippen molar-refractivity contribution in [3.63, 3.8) is 0 Å². The maximum absolute atomic E-state index is 8.58. The molecule has 46 heavy (non-hydrogen) atoms. The van der Waals surface area contributed by atoms with Gasteiger partial charge in [0.2, 0.25) is 0 Å². The Morgan fingerprint density at radius 3 is 1.59 bits per heavy atom. The molecule has 0 bridgehead atoms. The summed E-state index contributed by atoms with van der Waals surface area (Å²) < 4.78 is 7.97. The van der Waals surface area contributed by atoms with Crippen LogP contribution in [0.25, 0.3) is 40.7 Å². The Balaban J connectivity index is 0.000000139. The third-order valence-corrected chi connectivity index (χ3v) is 10.0. The molecule has 0 unspecified atom stereocenters. The van der Waals surface area contributed by atoms with E-state index in [-0.39, 0.29) is 0 Å². The van der Waals surface area contributed by atoms with E-state index in [1.54, 1.807) is 46.9 Å². The van der Waals surface area contributed by atoms with E-state index in [4.69, 9.17) is 10.0 Å². The van der Waals surface area contributed by atoms with Crippen molar-refractivity contribution in [3.8, 4) is 10.4 Å². The predicted molar refractivity (Wildman–Crippen MR) is 212 cm³/mol. The molecule has 0 aliphatic rings. The Hall–Kier alpha value is -3.34. The number of thiol groups is 1. The molecule has 0 saturated carbocycles. The van der Waals surface area contributed by atoms with Crippen LogP contribution in [-0.2, 0) is 0 Å². The molecule has 3 aromatic heterocycles. The first kappa shape index (κ1) is 35.5. The zero-order valence-corrected chi connectivity index (χ0v) is 29.5. The van der Waals surface area contributed by atoms with E-state index < -0.39 is 7.12 Å². The maximum Gasteiger partial charge on any atom is 0.0355 e. The fourth-order valence-electron chi connectivity index (χ4n) is 4.21. The predicted octanol–water partition coefficient (Wildman–Crippen LogP) is 10.7. The number of fused-ring (bicyclic) bond motifs is 3. The summed E-state index contributed by atoms with van der Waals surface area (Å²) in [5.74, 6) is 0. The van der Waals surface area contributed by atoms with Crippen LogP contribution in [-0.4, -0.2) is 24.8 Å². The van der Waals surface area contributed by atoms with E-state index in [0.29, 0.717) is 5.46 Å². The molecule has 0 spiro atoms. The Kier molecular flexibility index (Phi) is 14.9. The zero-order chi connectivity index (χ0) is 32.6. The van der Waals surface area contributed by atoms with E-state index in [2.05, 4.69) is 167 Å². The third kappa shape index (κ3) is 11.2. The monoisotopic (exact) mass is 736 g/mol. The molecule has 2 N–H and O–H groups in total. The van der Waals surface area contributed by atoms with Gasteiger partial charge in [-0.3, -0.25) is 0 Å². The topological polar surface area (TPSA) is 52.8 Å². The van der Waals surface area contributed by atoms with Crippen LogP contribution in [0.3, 0.4) is 0 Å². The van der Waals surface area contributed by atoms with Crippen molar-refractivity contribution in [1.82, 2.24) is 0 Å². The van der Waals surface area contributed by atoms with Gasteiger partial charge in [-0.2, -0.15) is 0 Å². The van der Waals surface area contributed by atoms with Gasteiger partial charge in [0.25, 0.3) is 0 Å². The fourth-order valence-corrected chi connectivity index (χ4v) is 7.62. The smallest absolute Gasteiger partial charge is 0.0355 e. The molecular formula is C36H29B2BrNO2S4. The van der Waals surface area contributed by atoms with Gasteiger partial charge in [0.15, 0.2) is 0 Å². The summed E-state index contributed by atoms with van der Waals surface area (Å²) in [5, 5.41) is 23.3. The van der Waals surface area contributed by atoms with Gasteiger partial charge in [-0.15, -0.1) is 34.0 Å². The van der Waals surface area contributed by atoms with E-state index >= 15 is 0 Å². The average Bonchev–Trinajstić information content (AvgIpc) is 3.84. The van der Waals surface area contributed by atoms with Crippen LogP contribution >= 0.6 is 62.8 Å². The molecule has 0 amide bonds. The van der Waals surface area contributed by atoms with Gasteiger partial charge < -0.3 is 10.0 Å². The summed E-state index contributed by atoms with van der Waals surface area (Å²) in [6, 6.07) is 51.0. The van der Waals surface area contributed by atoms with Gasteiger partial charge >= 0.3 is 31.9 Å². The second-order valence-electron chi connectivity index (χ2n) is 9.46. The Morgan fingerprint density at radius 1 is 0.587 bits per heavy atom. The van der Waals surface area contributed by atoms with Gasteiger partial charge in [0.05, 0.1) is 3.79 Å². The number of hydrogen-bond acceptors (Lipinski definition) is 7. The molecule has 5 aromatic carbocycles. The second-order valence-corrected chi connectivity index (χ2v) is 14.2. The van der Waals surface area contributed by atoms with Crippen molar-refractivity contribution in [3.05, 3.63) is 161 Å². The minimum Gasteiger partial charge on any atom is -0.144 e. The fraction of sp³-hybridized carbons (Fsp3) is 0. The summed E-state index contributed by atoms with van der Waals surface area (Å²) >= 11 is 12.0. The molecule has 3 heterocycles. The molecule has 10 heteroatoms. The van der Waals surface area contributed by atoms with Crippen LogP contribution in [0, 0.1) is 0 Å². The van der Waals surface area contributed by atoms with E-state index in [0.717, 1.165) is 0 Å². The summed E-state index contributed by atoms with van der Waals surface area (Å²) in [5.41, 5.74) is 1.83. The van der Waals surface area contributed by atoms with Crippen molar-refractivity contribution < 1.29 is 10.0 Å². The number of hydrogen-bond donors (Lipinski definition) is 3. The molecule has 0 atom stereocenters. The molecule has 8 rings (SSSR count). The SMILES string of the molecule is Brc1cc2ccccc2s1.OB(O)c1ccccc1.[B]=NS.c1ccc(-c2cc3ccccc3s2)cc1.c1ccc2sccc2c1. The Bertz CT molecular complexity index is 1950. The summed E-state index contributed by atoms with van der Waals surface area (Å²) in [7, 11) is 2.99. The standard InChI is InChI=1S/C14H10S.C8H5BrS.C8H6S.C6H7BO2.BHNS/c1-2-6-11(7-3-1)14-10-12-8-4-5-9-13(12)15-14;9-8-5-6-3-1-2-4-7(6)10-8;1-2-4-8-7(3-1)5-6-9-8;8-7(9)6-4-2-1-3-5-6;1-2-3/h1-10H;1-5H;1-6H;1-5,8-9H;3H. The van der Waals surface area contributed by atoms with Crippen molar-refractivity contribution in [2.45, 2.75) is 0 Å². The largest absolute Gasteiger partial charge is 0.144 e. The van der Waals surface area contributed by atoms with Crippen molar-refractivity contribution in [2.24, 2.45) is 4.30 Å². The van der Waals surface area contributed by atoms with Crippen LogP contribution in [0.5, 0.6) is 0 Å². The number of benzene rings is 5. The van der Waals surface area contributed by atoms with Crippen LogP contribution in [0.4, 0.5) is 0 Å². The second kappa shape index (κ2) is 19.4. The Labute approximate surface area is 296 Å². The maximum atomic E-state index is 8.58. The van der Waals surface area contributed by atoms with Gasteiger partial charge in [-0.25, -0.2) is 0 Å². The minimum atomic E-state index is -1.34. The summed E-state index contributed by atoms with van der Waals surface area (Å²) in [6.07, 6.45) is 0. The first-order chi connectivity index (χ1) is 22.5. The summed E-state index contributed by atoms with van der Waals surface area (Å²) in [6.45, 7) is 0. The third-order valence-electron chi connectivity index (χ3n) is 6.34. The van der Waals surface area contributed by atoms with Crippen molar-refractivity contribution >= 4 is 113 Å². The molecule has 0 aliphatic heterocycles. The normalized spacial score (nSPS) is 9.80. The molecule has 8 aromatic rings. The minimum absolute atomic E-state index is 0.525. The molecule has 3 nitrogen and oxygen atoms in total. The quantitative estimate of drug-likeness (QED) is 0.122. The van der Waals surface area contributed by atoms with Crippen LogP contribution < -0.4 is 5.46 Å². The van der Waals surface area contributed by atoms with E-state index in [1.807, 2.05) is 17.4 Å². The molecular weight excluding hydrogens is 708 g/mol. The number of nitrogens with zero attached hydrogens (tertiary/aromatic N) is 1. The molecule has 0 aliphatic carbocycles. The first-order valence-electron chi connectivity index (χ1n) is 14.0. The van der Waals surface area contributed by atoms with Gasteiger partial charge in [0.1, 0.15) is 0 Å². The summed E-state index contributed by atoms with van der Waals surface area (Å²) in [4.78, 5) is 1.34. The number of thiophene rings is 3. The molecule has 0 fully saturated rings. The average molecular weight is 737 g/mol. The van der Waals surface area contributed by atoms with Crippen LogP contribution in [0.2, 0.25) is 0 Å². The van der Waals surface area contributed by atoms with Crippen LogP contribution in [0.15, 0.2) is 165 Å². The van der Waals surface area contributed by atoms with Crippen LogP contribution in [0.1, 0.15) is 0 Å². The van der Waals surface area contributed by atoms with Gasteiger partial charge in [-0.1, -0.05) is 115 Å². The molecule has 227 valence electrons. The Morgan fingerprint density at radius 2 is 1.07 bits per heavy atom. The van der Waals surface area contributed by atoms with Gasteiger partial charge in [0, 0.05) is 19.0 Å². The van der Waals surface area contributed by atoms with Crippen molar-refractivity contribution in [1.29, 1.82) is 0 Å². The first-order valence-corrected chi connectivity index (χ1v) is 17.7. The molecule has 0 saturated heterocycles. The van der Waals surface area contributed by atoms with Crippen molar-refractivity contribution in [2.75, 3.05) is 0 Å². The molecule has 1 radical (unpaired) electrons. The number of halogens is 1. The zero-order valence-electron chi connectivity index (χ0n) is 24.6.